The summed E-state index contributed by atoms with van der Waals surface area (Å²) in [6.07, 6.45) is -3.48. The number of hydrogen-bond donors (Lipinski definition) is 2. The van der Waals surface area contributed by atoms with Gasteiger partial charge in [-0.2, -0.15) is 13.2 Å². The summed E-state index contributed by atoms with van der Waals surface area (Å²) in [5, 5.41) is 10.1. The van der Waals surface area contributed by atoms with Gasteiger partial charge in [0.25, 0.3) is 0 Å². The van der Waals surface area contributed by atoms with E-state index in [1.54, 1.807) is 19.2 Å². The van der Waals surface area contributed by atoms with Gasteiger partial charge in [-0.15, -0.1) is 24.8 Å². The van der Waals surface area contributed by atoms with E-state index >= 15 is 0 Å². The molecule has 3 aromatic carbocycles. The van der Waals surface area contributed by atoms with Crippen molar-refractivity contribution in [3.8, 4) is 5.75 Å². The van der Waals surface area contributed by atoms with Crippen molar-refractivity contribution in [2.75, 3.05) is 64.4 Å². The fraction of sp³-hybridized carbons (Fsp3) is 0.364. The Labute approximate surface area is 283 Å². The fourth-order valence-electron chi connectivity index (χ4n) is 5.67. The maximum Gasteiger partial charge on any atom is 0.416 e. The van der Waals surface area contributed by atoms with E-state index in [9.17, 15) is 18.0 Å². The second kappa shape index (κ2) is 16.8. The number of methoxy groups -OCH3 is 1. The number of para-hydroxylation sites is 2. The maximum atomic E-state index is 13.3. The van der Waals surface area contributed by atoms with E-state index in [1.807, 2.05) is 54.3 Å². The Morgan fingerprint density at radius 3 is 2.22 bits per heavy atom. The van der Waals surface area contributed by atoms with E-state index in [-0.39, 0.29) is 37.0 Å². The molecule has 1 fully saturated rings. The number of benzene rings is 3. The number of rotatable bonds is 7. The fourth-order valence-corrected chi connectivity index (χ4v) is 6.75. The SMILES string of the molecule is COc1cccc2c(C)cc(=O)[nH]c12.Cl.Cl.OCCN1CCN(CCCN2c3ccccc3Sc3ccc(C(F)(F)F)cc32)CC1. The molecule has 0 aliphatic carbocycles. The monoisotopic (exact) mass is 698 g/mol. The number of H-pyrrole nitrogens is 1. The van der Waals surface area contributed by atoms with Gasteiger partial charge in [0, 0.05) is 60.5 Å². The normalized spacial score (nSPS) is 14.7. The number of alkyl halides is 3. The Bertz CT molecular complexity index is 1650. The summed E-state index contributed by atoms with van der Waals surface area (Å²) in [5.41, 5.74) is 2.64. The number of aromatic nitrogens is 1. The van der Waals surface area contributed by atoms with Crippen molar-refractivity contribution in [1.29, 1.82) is 0 Å². The minimum absolute atomic E-state index is 0. The predicted molar refractivity (Wildman–Crippen MR) is 184 cm³/mol. The lowest BCUT2D eigenvalue weighted by molar-refractivity contribution is -0.137. The number of fused-ring (bicyclic) bond motifs is 3. The summed E-state index contributed by atoms with van der Waals surface area (Å²) in [6, 6.07) is 19.2. The Kier molecular flexibility index (Phi) is 13.7. The van der Waals surface area contributed by atoms with Crippen LogP contribution in [0.3, 0.4) is 0 Å². The number of nitrogens with zero attached hydrogens (tertiary/aromatic N) is 3. The summed E-state index contributed by atoms with van der Waals surface area (Å²) in [4.78, 5) is 22.7. The second-order valence-corrected chi connectivity index (χ2v) is 11.9. The van der Waals surface area contributed by atoms with Crippen molar-refractivity contribution >= 4 is 58.9 Å². The van der Waals surface area contributed by atoms with Crippen molar-refractivity contribution in [2.45, 2.75) is 29.3 Å². The first kappa shape index (κ1) is 37.5. The number of anilines is 2. The number of hydrogen-bond acceptors (Lipinski definition) is 7. The number of aryl methyl sites for hydroxylation is 1. The third kappa shape index (κ3) is 8.90. The van der Waals surface area contributed by atoms with Crippen LogP contribution in [0.5, 0.6) is 5.75 Å². The second-order valence-electron chi connectivity index (χ2n) is 10.9. The number of aromatic amines is 1. The maximum absolute atomic E-state index is 13.3. The quantitative estimate of drug-likeness (QED) is 0.216. The zero-order valence-electron chi connectivity index (χ0n) is 25.7. The molecule has 0 unspecified atom stereocenters. The van der Waals surface area contributed by atoms with Crippen LogP contribution in [0.4, 0.5) is 24.5 Å². The minimum atomic E-state index is -4.35. The van der Waals surface area contributed by atoms with Gasteiger partial charge in [-0.25, -0.2) is 0 Å². The van der Waals surface area contributed by atoms with Gasteiger partial charge in [0.15, 0.2) is 0 Å². The highest BCUT2D eigenvalue weighted by Crippen LogP contribution is 2.49. The minimum Gasteiger partial charge on any atom is -0.495 e. The first-order chi connectivity index (χ1) is 21.2. The van der Waals surface area contributed by atoms with Gasteiger partial charge in [-0.1, -0.05) is 36.0 Å². The molecule has 2 aliphatic heterocycles. The number of aliphatic hydroxyl groups excluding tert-OH is 1. The van der Waals surface area contributed by atoms with Gasteiger partial charge in [0.1, 0.15) is 5.75 Å². The zero-order valence-corrected chi connectivity index (χ0v) is 28.1. The van der Waals surface area contributed by atoms with Gasteiger partial charge in [0.05, 0.1) is 36.2 Å². The van der Waals surface area contributed by atoms with Crippen LogP contribution in [0.25, 0.3) is 10.9 Å². The van der Waals surface area contributed by atoms with Crippen molar-refractivity contribution in [2.24, 2.45) is 0 Å². The molecule has 2 aliphatic rings. The molecule has 3 heterocycles. The number of β-amino-alcohol motifs (C(OH)–C–C–N with tert-alkyl or cyclic N) is 1. The number of halogens is 5. The van der Waals surface area contributed by atoms with E-state index in [2.05, 4.69) is 14.8 Å². The van der Waals surface area contributed by atoms with Crippen molar-refractivity contribution in [3.63, 3.8) is 0 Å². The molecule has 0 radical (unpaired) electrons. The number of ether oxygens (including phenoxy) is 1. The molecule has 6 rings (SSSR count). The van der Waals surface area contributed by atoms with Crippen LogP contribution >= 0.6 is 36.6 Å². The van der Waals surface area contributed by atoms with Crippen LogP contribution in [0.1, 0.15) is 17.5 Å². The Morgan fingerprint density at radius 1 is 0.870 bits per heavy atom. The topological polar surface area (TPSA) is 72.0 Å². The highest BCUT2D eigenvalue weighted by molar-refractivity contribution is 7.99. The molecular weight excluding hydrogens is 660 g/mol. The van der Waals surface area contributed by atoms with Gasteiger partial charge in [-0.05, 0) is 61.9 Å². The number of aliphatic hydroxyl groups is 1. The molecule has 0 spiro atoms. The molecule has 46 heavy (non-hydrogen) atoms. The number of piperazine rings is 1. The lowest BCUT2D eigenvalue weighted by Gasteiger charge is -2.36. The van der Waals surface area contributed by atoms with Crippen LogP contribution in [-0.2, 0) is 6.18 Å². The van der Waals surface area contributed by atoms with Crippen molar-refractivity contribution in [1.82, 2.24) is 14.8 Å². The summed E-state index contributed by atoms with van der Waals surface area (Å²) in [5.74, 6) is 0.698. The van der Waals surface area contributed by atoms with Crippen LogP contribution in [0.15, 0.2) is 81.3 Å². The van der Waals surface area contributed by atoms with Crippen LogP contribution in [-0.4, -0.2) is 79.4 Å². The van der Waals surface area contributed by atoms with Crippen molar-refractivity contribution in [3.05, 3.63) is 88.2 Å². The smallest absolute Gasteiger partial charge is 0.416 e. The highest BCUT2D eigenvalue weighted by atomic mass is 35.5. The van der Waals surface area contributed by atoms with E-state index in [0.29, 0.717) is 24.5 Å². The Hall–Kier alpha value is -2.93. The Balaban J connectivity index is 0.000000304. The Morgan fingerprint density at radius 2 is 1.54 bits per heavy atom. The van der Waals surface area contributed by atoms with E-state index in [4.69, 9.17) is 9.84 Å². The lowest BCUT2D eigenvalue weighted by Crippen LogP contribution is -2.47. The van der Waals surface area contributed by atoms with Gasteiger partial charge in [-0.3, -0.25) is 9.69 Å². The number of pyridine rings is 1. The molecule has 1 aromatic heterocycles. The predicted octanol–water partition coefficient (Wildman–Crippen LogP) is 7.00. The van der Waals surface area contributed by atoms with Crippen LogP contribution < -0.4 is 15.2 Å². The summed E-state index contributed by atoms with van der Waals surface area (Å²) < 4.78 is 45.1. The molecule has 13 heteroatoms. The first-order valence-electron chi connectivity index (χ1n) is 14.7. The summed E-state index contributed by atoms with van der Waals surface area (Å²) >= 11 is 1.53. The number of nitrogens with one attached hydrogen (secondary N) is 1. The van der Waals surface area contributed by atoms with Crippen LogP contribution in [0, 0.1) is 6.92 Å². The molecule has 250 valence electrons. The lowest BCUT2D eigenvalue weighted by atomic mass is 10.1. The molecule has 7 nitrogen and oxygen atoms in total. The summed E-state index contributed by atoms with van der Waals surface area (Å²) in [6.45, 7) is 8.21. The standard InChI is InChI=1S/C22H26F3N3OS.C11H11NO2.2ClH/c23-22(24,25)17-6-7-21-19(16-17)28(18-4-1-2-5-20(18)30-21)9-3-8-26-10-12-27(13-11-26)14-15-29;1-7-6-10(13)12-11-8(7)4-3-5-9(11)14-2;;/h1-2,4-7,16,29H,3,8-15H2;3-6H,1-2H3,(H,12,13);2*1H. The molecule has 0 saturated carbocycles. The van der Waals surface area contributed by atoms with E-state index in [1.165, 1.54) is 23.9 Å². The molecular formula is C33H39Cl2F3N4O3S. The highest BCUT2D eigenvalue weighted by Gasteiger charge is 2.33. The molecule has 1 saturated heterocycles. The molecule has 4 aromatic rings. The van der Waals surface area contributed by atoms with E-state index < -0.39 is 11.7 Å². The van der Waals surface area contributed by atoms with Gasteiger partial charge < -0.3 is 24.6 Å². The third-order valence-corrected chi connectivity index (χ3v) is 9.09. The molecule has 0 amide bonds. The largest absolute Gasteiger partial charge is 0.495 e. The van der Waals surface area contributed by atoms with E-state index in [0.717, 1.165) is 71.1 Å². The average Bonchev–Trinajstić information content (AvgIpc) is 3.01. The van der Waals surface area contributed by atoms with Crippen molar-refractivity contribution < 1.29 is 23.0 Å². The third-order valence-electron chi connectivity index (χ3n) is 7.96. The van der Waals surface area contributed by atoms with Crippen LogP contribution in [0.2, 0.25) is 0 Å². The zero-order chi connectivity index (χ0) is 31.3. The van der Waals surface area contributed by atoms with Gasteiger partial charge >= 0.3 is 6.18 Å². The average molecular weight is 700 g/mol. The van der Waals surface area contributed by atoms with Gasteiger partial charge in [0.2, 0.25) is 5.56 Å². The molecule has 0 bridgehead atoms. The molecule has 2 N–H and O–H groups in total. The first-order valence-corrected chi connectivity index (χ1v) is 15.5. The summed E-state index contributed by atoms with van der Waals surface area (Å²) in [7, 11) is 1.59. The molecule has 0 atom stereocenters.